The number of hydrogen-bond acceptors (Lipinski definition) is 1. The molecule has 2 rings (SSSR count). The Kier molecular flexibility index (Phi) is 3.06. The number of rotatable bonds is 3. The number of aldehydes is 1. The number of nitrogens with zero attached hydrogens (tertiary/aromatic N) is 1. The highest BCUT2D eigenvalue weighted by molar-refractivity contribution is 6.31. The summed E-state index contributed by atoms with van der Waals surface area (Å²) in [6.45, 7) is 0.257. The second-order valence-electron chi connectivity index (χ2n) is 3.38. The first-order valence-electron chi connectivity index (χ1n) is 4.75. The van der Waals surface area contributed by atoms with Gasteiger partial charge >= 0.3 is 0 Å². The van der Waals surface area contributed by atoms with Crippen LogP contribution in [0.3, 0.4) is 0 Å². The molecule has 1 aromatic carbocycles. The van der Waals surface area contributed by atoms with Crippen molar-refractivity contribution in [3.05, 3.63) is 58.6 Å². The third-order valence-corrected chi connectivity index (χ3v) is 2.73. The highest BCUT2D eigenvalue weighted by atomic mass is 35.5. The first kappa shape index (κ1) is 10.9. The first-order valence-corrected chi connectivity index (χ1v) is 5.13. The summed E-state index contributed by atoms with van der Waals surface area (Å²) in [6, 6.07) is 7.94. The van der Waals surface area contributed by atoms with Gasteiger partial charge < -0.3 is 4.57 Å². The Balaban J connectivity index is 2.37. The van der Waals surface area contributed by atoms with Crippen molar-refractivity contribution >= 4 is 17.9 Å². The minimum Gasteiger partial charge on any atom is -0.341 e. The second kappa shape index (κ2) is 4.49. The van der Waals surface area contributed by atoms with E-state index in [2.05, 4.69) is 0 Å². The van der Waals surface area contributed by atoms with Crippen molar-refractivity contribution in [1.29, 1.82) is 0 Å². The van der Waals surface area contributed by atoms with E-state index in [4.69, 9.17) is 11.6 Å². The molecule has 16 heavy (non-hydrogen) atoms. The zero-order chi connectivity index (χ0) is 11.5. The van der Waals surface area contributed by atoms with Gasteiger partial charge in [-0.05, 0) is 24.3 Å². The molecule has 0 saturated heterocycles. The van der Waals surface area contributed by atoms with E-state index in [1.54, 1.807) is 35.0 Å². The van der Waals surface area contributed by atoms with Crippen LogP contribution in [0, 0.1) is 5.82 Å². The molecule has 0 radical (unpaired) electrons. The fraction of sp³-hybridized carbons (Fsp3) is 0.0833. The average molecular weight is 238 g/mol. The number of benzene rings is 1. The van der Waals surface area contributed by atoms with Gasteiger partial charge in [0.15, 0.2) is 6.29 Å². The summed E-state index contributed by atoms with van der Waals surface area (Å²) in [6.07, 6.45) is 2.45. The molecule has 82 valence electrons. The quantitative estimate of drug-likeness (QED) is 0.752. The van der Waals surface area contributed by atoms with Gasteiger partial charge in [0, 0.05) is 16.8 Å². The predicted octanol–water partition coefficient (Wildman–Crippen LogP) is 3.14. The summed E-state index contributed by atoms with van der Waals surface area (Å²) in [7, 11) is 0. The molecule has 0 bridgehead atoms. The summed E-state index contributed by atoms with van der Waals surface area (Å²) < 4.78 is 15.1. The SMILES string of the molecule is O=Cc1cccn1Cc1c(F)cccc1Cl. The molecule has 0 amide bonds. The smallest absolute Gasteiger partial charge is 0.166 e. The number of hydrogen-bond donors (Lipinski definition) is 0. The van der Waals surface area contributed by atoms with Crippen LogP contribution in [0.1, 0.15) is 16.1 Å². The maximum Gasteiger partial charge on any atom is 0.166 e. The molecular formula is C12H9ClFNO. The van der Waals surface area contributed by atoms with E-state index < -0.39 is 0 Å². The van der Waals surface area contributed by atoms with Crippen LogP contribution in [0.4, 0.5) is 4.39 Å². The minimum atomic E-state index is -0.363. The predicted molar refractivity (Wildman–Crippen MR) is 60.3 cm³/mol. The first-order chi connectivity index (χ1) is 7.72. The van der Waals surface area contributed by atoms with Crippen molar-refractivity contribution in [2.24, 2.45) is 0 Å². The number of carbonyl (C=O) groups excluding carboxylic acids is 1. The van der Waals surface area contributed by atoms with Crippen molar-refractivity contribution in [1.82, 2.24) is 4.57 Å². The fourth-order valence-corrected chi connectivity index (χ4v) is 1.75. The molecule has 0 atom stereocenters. The van der Waals surface area contributed by atoms with Crippen LogP contribution in [0.2, 0.25) is 5.02 Å². The Labute approximate surface area is 97.3 Å². The molecule has 2 aromatic rings. The molecule has 0 aliphatic carbocycles. The molecular weight excluding hydrogens is 229 g/mol. The lowest BCUT2D eigenvalue weighted by Gasteiger charge is -2.08. The monoisotopic (exact) mass is 237 g/mol. The molecule has 1 aromatic heterocycles. The van der Waals surface area contributed by atoms with Crippen LogP contribution >= 0.6 is 11.6 Å². The summed E-state index contributed by atoms with van der Waals surface area (Å²) in [5.74, 6) is -0.363. The highest BCUT2D eigenvalue weighted by Gasteiger charge is 2.08. The van der Waals surface area contributed by atoms with Crippen molar-refractivity contribution in [3.63, 3.8) is 0 Å². The van der Waals surface area contributed by atoms with E-state index in [9.17, 15) is 9.18 Å². The lowest BCUT2D eigenvalue weighted by molar-refractivity contribution is 0.111. The standard InChI is InChI=1S/C12H9ClFNO/c13-11-4-1-5-12(14)10(11)7-15-6-2-3-9(15)8-16/h1-6,8H,7H2. The summed E-state index contributed by atoms with van der Waals surface area (Å²) in [5.41, 5.74) is 0.891. The van der Waals surface area contributed by atoms with Crippen LogP contribution in [-0.2, 0) is 6.54 Å². The molecule has 0 aliphatic rings. The summed E-state index contributed by atoms with van der Waals surface area (Å²) in [4.78, 5) is 10.7. The Morgan fingerprint density at radius 1 is 1.31 bits per heavy atom. The number of aromatic nitrogens is 1. The molecule has 0 saturated carbocycles. The van der Waals surface area contributed by atoms with Crippen molar-refractivity contribution in [3.8, 4) is 0 Å². The van der Waals surface area contributed by atoms with Gasteiger partial charge in [-0.3, -0.25) is 4.79 Å². The zero-order valence-electron chi connectivity index (χ0n) is 8.36. The van der Waals surface area contributed by atoms with Crippen molar-refractivity contribution < 1.29 is 9.18 Å². The molecule has 0 aliphatic heterocycles. The fourth-order valence-electron chi connectivity index (χ4n) is 1.53. The van der Waals surface area contributed by atoms with Gasteiger partial charge in [0.2, 0.25) is 0 Å². The number of carbonyl (C=O) groups is 1. The maximum atomic E-state index is 13.5. The molecule has 0 fully saturated rings. The Morgan fingerprint density at radius 3 is 2.81 bits per heavy atom. The van der Waals surface area contributed by atoms with Crippen LogP contribution in [0.25, 0.3) is 0 Å². The maximum absolute atomic E-state index is 13.5. The summed E-state index contributed by atoms with van der Waals surface area (Å²) in [5, 5.41) is 0.366. The van der Waals surface area contributed by atoms with Gasteiger partial charge in [-0.25, -0.2) is 4.39 Å². The molecule has 4 heteroatoms. The normalized spacial score (nSPS) is 10.4. The van der Waals surface area contributed by atoms with E-state index in [1.807, 2.05) is 0 Å². The van der Waals surface area contributed by atoms with Crippen LogP contribution in [0.5, 0.6) is 0 Å². The zero-order valence-corrected chi connectivity index (χ0v) is 9.12. The van der Waals surface area contributed by atoms with Crippen LogP contribution in [0.15, 0.2) is 36.5 Å². The second-order valence-corrected chi connectivity index (χ2v) is 3.79. The van der Waals surface area contributed by atoms with Gasteiger partial charge in [0.05, 0.1) is 12.2 Å². The third-order valence-electron chi connectivity index (χ3n) is 2.38. The average Bonchev–Trinajstić information content (AvgIpc) is 2.71. The molecule has 0 unspecified atom stereocenters. The third kappa shape index (κ3) is 1.99. The van der Waals surface area contributed by atoms with Crippen LogP contribution < -0.4 is 0 Å². The van der Waals surface area contributed by atoms with E-state index in [1.165, 1.54) is 6.07 Å². The lowest BCUT2D eigenvalue weighted by Crippen LogP contribution is -2.04. The van der Waals surface area contributed by atoms with Crippen LogP contribution in [-0.4, -0.2) is 10.9 Å². The summed E-state index contributed by atoms with van der Waals surface area (Å²) >= 11 is 5.90. The van der Waals surface area contributed by atoms with Gasteiger partial charge in [0.25, 0.3) is 0 Å². The highest BCUT2D eigenvalue weighted by Crippen LogP contribution is 2.20. The molecule has 1 heterocycles. The topological polar surface area (TPSA) is 22.0 Å². The van der Waals surface area contributed by atoms with E-state index in [0.717, 1.165) is 6.29 Å². The Hall–Kier alpha value is -1.61. The van der Waals surface area contributed by atoms with Gasteiger partial charge in [-0.15, -0.1) is 0 Å². The molecule has 0 spiro atoms. The van der Waals surface area contributed by atoms with Crippen molar-refractivity contribution in [2.75, 3.05) is 0 Å². The Morgan fingerprint density at radius 2 is 2.12 bits per heavy atom. The largest absolute Gasteiger partial charge is 0.341 e. The van der Waals surface area contributed by atoms with Gasteiger partial charge in [-0.1, -0.05) is 17.7 Å². The minimum absolute atomic E-state index is 0.257. The molecule has 0 N–H and O–H groups in total. The van der Waals surface area contributed by atoms with E-state index in [0.29, 0.717) is 16.3 Å². The number of halogens is 2. The van der Waals surface area contributed by atoms with Gasteiger partial charge in [-0.2, -0.15) is 0 Å². The van der Waals surface area contributed by atoms with E-state index >= 15 is 0 Å². The molecule has 2 nitrogen and oxygen atoms in total. The van der Waals surface area contributed by atoms with E-state index in [-0.39, 0.29) is 12.4 Å². The Bertz CT molecular complexity index is 501. The van der Waals surface area contributed by atoms with Gasteiger partial charge in [0.1, 0.15) is 5.82 Å². The lowest BCUT2D eigenvalue weighted by atomic mass is 10.2. The van der Waals surface area contributed by atoms with Crippen molar-refractivity contribution in [2.45, 2.75) is 6.54 Å².